The van der Waals surface area contributed by atoms with E-state index >= 15 is 0 Å². The zero-order valence-electron chi connectivity index (χ0n) is 13.3. The van der Waals surface area contributed by atoms with Crippen LogP contribution in [0.5, 0.6) is 0 Å². The molecule has 1 aliphatic rings. The molecule has 0 saturated carbocycles. The Bertz CT molecular complexity index is 760. The molecule has 4 nitrogen and oxygen atoms in total. The first-order valence-electron chi connectivity index (χ1n) is 7.84. The van der Waals surface area contributed by atoms with Gasteiger partial charge in [0.25, 0.3) is 0 Å². The average Bonchev–Trinajstić information content (AvgIpc) is 2.58. The molecule has 2 N–H and O–H groups in total. The number of hydrogen-bond donors (Lipinski definition) is 2. The van der Waals surface area contributed by atoms with Gasteiger partial charge in [0, 0.05) is 24.5 Å². The number of amides is 1. The second-order valence-electron chi connectivity index (χ2n) is 6.04. The minimum atomic E-state index is -4.37. The second-order valence-corrected chi connectivity index (χ2v) is 6.04. The van der Waals surface area contributed by atoms with Crippen LogP contribution in [-0.2, 0) is 12.6 Å². The Morgan fingerprint density at radius 3 is 2.48 bits per heavy atom. The summed E-state index contributed by atoms with van der Waals surface area (Å²) in [5.41, 5.74) is 1.95. The number of para-hydroxylation sites is 1. The highest BCUT2D eigenvalue weighted by molar-refractivity contribution is 5.68. The van der Waals surface area contributed by atoms with E-state index in [1.54, 1.807) is 0 Å². The van der Waals surface area contributed by atoms with E-state index in [-0.39, 0.29) is 5.92 Å². The van der Waals surface area contributed by atoms with Crippen molar-refractivity contribution in [2.75, 3.05) is 18.0 Å². The highest BCUT2D eigenvalue weighted by atomic mass is 19.4. The van der Waals surface area contributed by atoms with Gasteiger partial charge >= 0.3 is 12.3 Å². The predicted octanol–water partition coefficient (Wildman–Crippen LogP) is 4.28. The van der Waals surface area contributed by atoms with Crippen molar-refractivity contribution in [3.63, 3.8) is 0 Å². The number of nitrogens with one attached hydrogen (secondary N) is 1. The Balaban J connectivity index is 1.89. The van der Waals surface area contributed by atoms with Gasteiger partial charge in [0.2, 0.25) is 0 Å². The molecule has 1 amide bonds. The Morgan fingerprint density at radius 1 is 1.16 bits per heavy atom. The van der Waals surface area contributed by atoms with Crippen LogP contribution in [0.1, 0.15) is 11.1 Å². The minimum Gasteiger partial charge on any atom is -0.465 e. The summed E-state index contributed by atoms with van der Waals surface area (Å²) >= 11 is 0. The molecule has 7 heteroatoms. The molecule has 0 bridgehead atoms. The predicted molar refractivity (Wildman–Crippen MR) is 88.1 cm³/mol. The van der Waals surface area contributed by atoms with Crippen molar-refractivity contribution >= 4 is 17.5 Å². The number of rotatable bonds is 3. The molecule has 2 aromatic rings. The van der Waals surface area contributed by atoms with E-state index in [0.29, 0.717) is 25.2 Å². The molecule has 0 radical (unpaired) electrons. The van der Waals surface area contributed by atoms with Crippen LogP contribution in [0.4, 0.5) is 29.3 Å². The highest BCUT2D eigenvalue weighted by Crippen LogP contribution is 2.37. The molecule has 0 fully saturated rings. The van der Waals surface area contributed by atoms with Crippen molar-refractivity contribution < 1.29 is 23.1 Å². The molecule has 25 heavy (non-hydrogen) atoms. The monoisotopic (exact) mass is 350 g/mol. The Labute approximate surface area is 142 Å². The first-order valence-corrected chi connectivity index (χ1v) is 7.84. The van der Waals surface area contributed by atoms with Crippen LogP contribution in [0.25, 0.3) is 0 Å². The molecule has 0 saturated heterocycles. The van der Waals surface area contributed by atoms with Gasteiger partial charge in [-0.2, -0.15) is 13.2 Å². The SMILES string of the molecule is O=C(O)NCC1Cc2ccccc2N(c2ccc(C(F)(F)F)cc2)C1. The Morgan fingerprint density at radius 2 is 1.84 bits per heavy atom. The van der Waals surface area contributed by atoms with Gasteiger partial charge in [-0.1, -0.05) is 18.2 Å². The third kappa shape index (κ3) is 3.87. The van der Waals surface area contributed by atoms with E-state index < -0.39 is 17.8 Å². The van der Waals surface area contributed by atoms with E-state index in [2.05, 4.69) is 5.32 Å². The largest absolute Gasteiger partial charge is 0.465 e. The van der Waals surface area contributed by atoms with Crippen LogP contribution in [0.2, 0.25) is 0 Å². The molecule has 1 heterocycles. The van der Waals surface area contributed by atoms with Gasteiger partial charge in [-0.05, 0) is 48.2 Å². The van der Waals surface area contributed by atoms with Crippen LogP contribution in [-0.4, -0.2) is 24.3 Å². The second kappa shape index (κ2) is 6.66. The van der Waals surface area contributed by atoms with Gasteiger partial charge < -0.3 is 15.3 Å². The van der Waals surface area contributed by atoms with Crippen LogP contribution in [0.15, 0.2) is 48.5 Å². The number of fused-ring (bicyclic) bond motifs is 1. The van der Waals surface area contributed by atoms with Crippen LogP contribution < -0.4 is 10.2 Å². The Hall–Kier alpha value is -2.70. The average molecular weight is 350 g/mol. The van der Waals surface area contributed by atoms with Gasteiger partial charge in [0.15, 0.2) is 0 Å². The fourth-order valence-electron chi connectivity index (χ4n) is 3.12. The van der Waals surface area contributed by atoms with Crippen molar-refractivity contribution in [3.8, 4) is 0 Å². The number of anilines is 2. The summed E-state index contributed by atoms with van der Waals surface area (Å²) in [7, 11) is 0. The molecule has 0 aromatic heterocycles. The van der Waals surface area contributed by atoms with Crippen LogP contribution >= 0.6 is 0 Å². The van der Waals surface area contributed by atoms with E-state index in [1.807, 2.05) is 29.2 Å². The number of carbonyl (C=O) groups is 1. The van der Waals surface area contributed by atoms with Crippen molar-refractivity contribution in [1.29, 1.82) is 0 Å². The lowest BCUT2D eigenvalue weighted by Crippen LogP contribution is -2.38. The number of benzene rings is 2. The smallest absolute Gasteiger partial charge is 0.416 e. The number of hydrogen-bond acceptors (Lipinski definition) is 2. The van der Waals surface area contributed by atoms with E-state index in [9.17, 15) is 18.0 Å². The minimum absolute atomic E-state index is 0.0355. The van der Waals surface area contributed by atoms with E-state index in [1.165, 1.54) is 12.1 Å². The summed E-state index contributed by atoms with van der Waals surface area (Å²) in [6.07, 6.45) is -4.74. The fourth-order valence-corrected chi connectivity index (χ4v) is 3.12. The quantitative estimate of drug-likeness (QED) is 0.869. The van der Waals surface area contributed by atoms with Crippen molar-refractivity contribution in [2.45, 2.75) is 12.6 Å². The standard InChI is InChI=1S/C18H17F3N2O2/c19-18(20,21)14-5-7-15(8-6-14)23-11-12(10-22-17(24)25)9-13-3-1-2-4-16(13)23/h1-8,12,22H,9-11H2,(H,24,25). The molecule has 132 valence electrons. The van der Waals surface area contributed by atoms with Crippen molar-refractivity contribution in [1.82, 2.24) is 5.32 Å². The van der Waals surface area contributed by atoms with Crippen LogP contribution in [0, 0.1) is 5.92 Å². The van der Waals surface area contributed by atoms with Gasteiger partial charge in [-0.15, -0.1) is 0 Å². The molecule has 1 unspecified atom stereocenters. The van der Waals surface area contributed by atoms with E-state index in [0.717, 1.165) is 23.4 Å². The van der Waals surface area contributed by atoms with Gasteiger partial charge in [-0.25, -0.2) is 4.79 Å². The third-order valence-corrected chi connectivity index (χ3v) is 4.28. The summed E-state index contributed by atoms with van der Waals surface area (Å²) in [6.45, 7) is 0.823. The lowest BCUT2D eigenvalue weighted by Gasteiger charge is -2.36. The molecule has 1 aliphatic heterocycles. The lowest BCUT2D eigenvalue weighted by molar-refractivity contribution is -0.137. The summed E-state index contributed by atoms with van der Waals surface area (Å²) in [6, 6.07) is 12.7. The molecule has 2 aromatic carbocycles. The van der Waals surface area contributed by atoms with Crippen LogP contribution in [0.3, 0.4) is 0 Å². The topological polar surface area (TPSA) is 52.6 Å². The maximum Gasteiger partial charge on any atom is 0.416 e. The zero-order valence-corrected chi connectivity index (χ0v) is 13.3. The summed E-state index contributed by atoms with van der Waals surface area (Å²) < 4.78 is 38.3. The Kier molecular flexibility index (Phi) is 4.57. The van der Waals surface area contributed by atoms with Gasteiger partial charge in [0.05, 0.1) is 5.56 Å². The maximum absolute atomic E-state index is 12.8. The highest BCUT2D eigenvalue weighted by Gasteiger charge is 2.31. The first kappa shape index (κ1) is 17.1. The molecule has 0 aliphatic carbocycles. The van der Waals surface area contributed by atoms with Crippen molar-refractivity contribution in [2.24, 2.45) is 5.92 Å². The van der Waals surface area contributed by atoms with Gasteiger partial charge in [0.1, 0.15) is 0 Å². The normalized spacial score (nSPS) is 17.1. The van der Waals surface area contributed by atoms with Gasteiger partial charge in [-0.3, -0.25) is 0 Å². The number of carboxylic acid groups (broad SMARTS) is 1. The van der Waals surface area contributed by atoms with E-state index in [4.69, 9.17) is 5.11 Å². The summed E-state index contributed by atoms with van der Waals surface area (Å²) in [5.74, 6) is 0.0355. The molecular formula is C18H17F3N2O2. The lowest BCUT2D eigenvalue weighted by atomic mass is 9.92. The molecule has 3 rings (SSSR count). The number of nitrogens with zero attached hydrogens (tertiary/aromatic N) is 1. The molecule has 1 atom stereocenters. The third-order valence-electron chi connectivity index (χ3n) is 4.28. The molecular weight excluding hydrogens is 333 g/mol. The molecule has 0 spiro atoms. The number of alkyl halides is 3. The summed E-state index contributed by atoms with van der Waals surface area (Å²) in [5, 5.41) is 11.2. The zero-order chi connectivity index (χ0) is 18.0. The first-order chi connectivity index (χ1) is 11.8. The fraction of sp³-hybridized carbons (Fsp3) is 0.278. The van der Waals surface area contributed by atoms with Crippen molar-refractivity contribution in [3.05, 3.63) is 59.7 Å². The summed E-state index contributed by atoms with van der Waals surface area (Å²) in [4.78, 5) is 12.7. The number of halogens is 3. The maximum atomic E-state index is 12.8.